The Bertz CT molecular complexity index is 1300. The van der Waals surface area contributed by atoms with Crippen LogP contribution in [0.1, 0.15) is 78.6 Å². The third kappa shape index (κ3) is 4.18. The van der Waals surface area contributed by atoms with Crippen molar-refractivity contribution in [1.82, 2.24) is 0 Å². The molecule has 1 aromatic rings. The molecule has 2 bridgehead atoms. The van der Waals surface area contributed by atoms with E-state index in [1.807, 2.05) is 41.5 Å². The third-order valence-electron chi connectivity index (χ3n) is 11.3. The highest BCUT2D eigenvalue weighted by atomic mass is 16.6. The minimum atomic E-state index is -1.71. The lowest BCUT2D eigenvalue weighted by molar-refractivity contribution is -0.358. The van der Waals surface area contributed by atoms with Crippen LogP contribution in [0.15, 0.2) is 41.5 Å². The molecule has 1 aromatic carbocycles. The third-order valence-corrected chi connectivity index (χ3v) is 11.3. The first-order chi connectivity index (χ1) is 19.5. The summed E-state index contributed by atoms with van der Waals surface area (Å²) in [5.41, 5.74) is -3.45. The fourth-order valence-corrected chi connectivity index (χ4v) is 8.72. The summed E-state index contributed by atoms with van der Waals surface area (Å²) in [5, 5.41) is 25.6. The molecule has 5 rings (SSSR count). The lowest BCUT2D eigenvalue weighted by atomic mass is 9.42. The number of hydrogen-bond donors (Lipinski definition) is 2. The first kappa shape index (κ1) is 30.7. The topological polar surface area (TPSA) is 129 Å². The van der Waals surface area contributed by atoms with E-state index in [0.29, 0.717) is 17.6 Å². The van der Waals surface area contributed by atoms with E-state index < -0.39 is 70.3 Å². The van der Waals surface area contributed by atoms with E-state index >= 15 is 0 Å². The van der Waals surface area contributed by atoms with E-state index in [1.165, 1.54) is 13.8 Å². The van der Waals surface area contributed by atoms with Gasteiger partial charge in [-0.25, -0.2) is 4.79 Å². The van der Waals surface area contributed by atoms with Crippen molar-refractivity contribution in [3.63, 3.8) is 0 Å². The second kappa shape index (κ2) is 10.2. The first-order valence-corrected chi connectivity index (χ1v) is 14.9. The standard InChI is InChI=1S/C33H44O9/c1-17-15-33(38)28(41-29(37)22-12-10-9-11-13-22)26-31(8,18(2)14-23-32(26,16-39-23)42-21(5)35)27(36)25(40-20(4)34)24(19(17)3)30(33,6)7/h9-13,17-18,23,25-28,36,38H,14-16H2,1-8H3/t17-,18-,23+,25-,26-,27-,28-,31+,32-,33+/m0/s1. The molecule has 0 unspecified atom stereocenters. The summed E-state index contributed by atoms with van der Waals surface area (Å²) in [6.45, 7) is 14.0. The van der Waals surface area contributed by atoms with E-state index in [2.05, 4.69) is 0 Å². The molecule has 3 aliphatic carbocycles. The number of carbonyl (C=O) groups excluding carboxylic acids is 3. The monoisotopic (exact) mass is 584 g/mol. The average Bonchev–Trinajstić information content (AvgIpc) is 2.90. The Labute approximate surface area is 247 Å². The summed E-state index contributed by atoms with van der Waals surface area (Å²) in [7, 11) is 0. The number of carbonyl (C=O) groups is 3. The van der Waals surface area contributed by atoms with Gasteiger partial charge in [-0.2, -0.15) is 0 Å². The summed E-state index contributed by atoms with van der Waals surface area (Å²) in [6, 6.07) is 8.55. The largest absolute Gasteiger partial charge is 0.455 e. The number of hydrogen-bond acceptors (Lipinski definition) is 9. The molecule has 10 atom stereocenters. The minimum Gasteiger partial charge on any atom is -0.455 e. The van der Waals surface area contributed by atoms with Gasteiger partial charge in [0.1, 0.15) is 23.9 Å². The van der Waals surface area contributed by atoms with Gasteiger partial charge in [-0.3, -0.25) is 9.59 Å². The number of aliphatic hydroxyl groups is 2. The number of aliphatic hydroxyl groups excluding tert-OH is 1. The summed E-state index contributed by atoms with van der Waals surface area (Å²) in [5.74, 6) is -3.12. The maximum Gasteiger partial charge on any atom is 0.338 e. The number of fused-ring (bicyclic) bond motifs is 5. The van der Waals surface area contributed by atoms with Crippen LogP contribution in [-0.4, -0.2) is 70.3 Å². The molecule has 1 saturated heterocycles. The minimum absolute atomic E-state index is 0.0162. The van der Waals surface area contributed by atoms with Crippen molar-refractivity contribution in [1.29, 1.82) is 0 Å². The first-order valence-electron chi connectivity index (χ1n) is 14.9. The van der Waals surface area contributed by atoms with E-state index in [0.717, 1.165) is 5.57 Å². The predicted molar refractivity (Wildman–Crippen MR) is 152 cm³/mol. The molecule has 1 heterocycles. The quantitative estimate of drug-likeness (QED) is 0.307. The number of benzene rings is 1. The molecule has 42 heavy (non-hydrogen) atoms. The second-order valence-corrected chi connectivity index (χ2v) is 13.7. The van der Waals surface area contributed by atoms with Crippen molar-refractivity contribution in [2.75, 3.05) is 6.61 Å². The lowest BCUT2D eigenvalue weighted by Gasteiger charge is -2.69. The van der Waals surface area contributed by atoms with Gasteiger partial charge in [0.15, 0.2) is 11.7 Å². The van der Waals surface area contributed by atoms with E-state index in [4.69, 9.17) is 18.9 Å². The van der Waals surface area contributed by atoms with Crippen molar-refractivity contribution < 1.29 is 43.5 Å². The Kier molecular flexibility index (Phi) is 7.43. The normalized spacial score (nSPS) is 42.1. The SMILES string of the molecule is CC(=O)O[C@H]1C2=C(C)[C@@H](C)C[C@@](O)([C@@H](OC(=O)c3ccccc3)[C@@H]3[C@]4(OC(C)=O)CO[C@@H]4C[C@H](C)[C@@]3(C)[C@H]1O)C2(C)C. The Hall–Kier alpha value is -2.75. The smallest absolute Gasteiger partial charge is 0.338 e. The Balaban J connectivity index is 1.83. The van der Waals surface area contributed by atoms with Gasteiger partial charge in [0.05, 0.1) is 18.1 Å². The van der Waals surface area contributed by atoms with Gasteiger partial charge >= 0.3 is 17.9 Å². The van der Waals surface area contributed by atoms with Gasteiger partial charge in [-0.15, -0.1) is 0 Å². The van der Waals surface area contributed by atoms with Gasteiger partial charge in [0.2, 0.25) is 0 Å². The average molecular weight is 585 g/mol. The summed E-state index contributed by atoms with van der Waals surface area (Å²) in [4.78, 5) is 39.1. The Morgan fingerprint density at radius 1 is 1.00 bits per heavy atom. The van der Waals surface area contributed by atoms with Crippen molar-refractivity contribution in [2.24, 2.45) is 28.6 Å². The van der Waals surface area contributed by atoms with Crippen LogP contribution in [0.3, 0.4) is 0 Å². The van der Waals surface area contributed by atoms with Crippen LogP contribution in [0.5, 0.6) is 0 Å². The van der Waals surface area contributed by atoms with Gasteiger partial charge < -0.3 is 29.2 Å². The highest BCUT2D eigenvalue weighted by Gasteiger charge is 2.77. The molecule has 9 heteroatoms. The molecular formula is C33H44O9. The summed E-state index contributed by atoms with van der Waals surface area (Å²) in [6.07, 6.45) is -3.45. The van der Waals surface area contributed by atoms with Crippen LogP contribution >= 0.6 is 0 Å². The maximum atomic E-state index is 13.8. The lowest BCUT2D eigenvalue weighted by Crippen LogP contribution is -2.81. The van der Waals surface area contributed by atoms with Crippen molar-refractivity contribution in [3.8, 4) is 0 Å². The van der Waals surface area contributed by atoms with Crippen molar-refractivity contribution in [2.45, 2.75) is 104 Å². The van der Waals surface area contributed by atoms with Gasteiger partial charge in [-0.1, -0.05) is 58.4 Å². The Morgan fingerprint density at radius 3 is 2.19 bits per heavy atom. The van der Waals surface area contributed by atoms with E-state index in [9.17, 15) is 24.6 Å². The molecular weight excluding hydrogens is 540 g/mol. The summed E-state index contributed by atoms with van der Waals surface area (Å²) < 4.78 is 24.5. The van der Waals surface area contributed by atoms with E-state index in [1.54, 1.807) is 30.3 Å². The van der Waals surface area contributed by atoms with Crippen LogP contribution in [0.25, 0.3) is 0 Å². The molecule has 0 aromatic heterocycles. The summed E-state index contributed by atoms with van der Waals surface area (Å²) >= 11 is 0. The molecule has 0 radical (unpaired) electrons. The molecule has 230 valence electrons. The number of allylic oxidation sites excluding steroid dienone is 1. The predicted octanol–water partition coefficient (Wildman–Crippen LogP) is 3.99. The van der Waals surface area contributed by atoms with Gasteiger partial charge in [0, 0.05) is 24.7 Å². The van der Waals surface area contributed by atoms with Crippen LogP contribution in [0.4, 0.5) is 0 Å². The molecule has 2 saturated carbocycles. The highest BCUT2D eigenvalue weighted by molar-refractivity contribution is 5.89. The molecule has 1 aliphatic heterocycles. The van der Waals surface area contributed by atoms with Crippen molar-refractivity contribution in [3.05, 3.63) is 47.0 Å². The fraction of sp³-hybridized carbons (Fsp3) is 0.667. The van der Waals surface area contributed by atoms with Gasteiger partial charge in [-0.05, 0) is 49.3 Å². The second-order valence-electron chi connectivity index (χ2n) is 13.7. The Morgan fingerprint density at radius 2 is 1.64 bits per heavy atom. The maximum absolute atomic E-state index is 13.8. The van der Waals surface area contributed by atoms with Crippen LogP contribution in [0, 0.1) is 28.6 Å². The van der Waals surface area contributed by atoms with Crippen LogP contribution in [0.2, 0.25) is 0 Å². The van der Waals surface area contributed by atoms with Crippen LogP contribution < -0.4 is 0 Å². The zero-order chi connectivity index (χ0) is 31.0. The molecule has 9 nitrogen and oxygen atoms in total. The molecule has 0 amide bonds. The number of rotatable bonds is 4. The number of ether oxygens (including phenoxy) is 4. The highest BCUT2D eigenvalue weighted by Crippen LogP contribution is 2.66. The van der Waals surface area contributed by atoms with Gasteiger partial charge in [0.25, 0.3) is 0 Å². The van der Waals surface area contributed by atoms with Crippen LogP contribution in [-0.2, 0) is 28.5 Å². The zero-order valence-electron chi connectivity index (χ0n) is 25.8. The van der Waals surface area contributed by atoms with E-state index in [-0.39, 0.29) is 24.9 Å². The molecule has 4 aliphatic rings. The molecule has 0 spiro atoms. The number of esters is 3. The molecule has 2 N–H and O–H groups in total. The zero-order valence-corrected chi connectivity index (χ0v) is 25.8. The fourth-order valence-electron chi connectivity index (χ4n) is 8.72. The molecule has 3 fully saturated rings. The van der Waals surface area contributed by atoms with Crippen molar-refractivity contribution >= 4 is 17.9 Å².